The average molecular weight is 576 g/mol. The minimum absolute atomic E-state index is 0.604. The van der Waals surface area contributed by atoms with Crippen LogP contribution in [0.1, 0.15) is 0 Å². The molecule has 0 aliphatic heterocycles. The molecule has 45 heavy (non-hydrogen) atoms. The van der Waals surface area contributed by atoms with Crippen LogP contribution in [0.25, 0.3) is 88.8 Å². The van der Waals surface area contributed by atoms with Gasteiger partial charge in [-0.1, -0.05) is 127 Å². The Morgan fingerprint density at radius 3 is 1.71 bits per heavy atom. The summed E-state index contributed by atoms with van der Waals surface area (Å²) in [7, 11) is 0. The molecule has 0 fully saturated rings. The molecule has 0 amide bonds. The maximum Gasteiger partial charge on any atom is 0.164 e. The van der Waals surface area contributed by atoms with Crippen LogP contribution in [0.15, 0.2) is 156 Å². The Morgan fingerprint density at radius 1 is 0.378 bits per heavy atom. The van der Waals surface area contributed by atoms with Crippen LogP contribution in [0, 0.1) is 0 Å². The molecule has 7 aromatic carbocycles. The molecule has 0 atom stereocenters. The Labute approximate surface area is 259 Å². The first-order chi connectivity index (χ1) is 22.3. The molecule has 0 saturated carbocycles. The molecular formula is C41H25N3O. The number of furan rings is 1. The molecule has 4 nitrogen and oxygen atoms in total. The first kappa shape index (κ1) is 25.4. The van der Waals surface area contributed by atoms with Crippen molar-refractivity contribution in [3.63, 3.8) is 0 Å². The SMILES string of the molecule is c1ccc(-c2nc(-c3cc4ccccc4c4ccccc34)nc(-c3ccc(-c4ccccc4)c4oc5ccccc5c34)n2)cc1. The van der Waals surface area contributed by atoms with Crippen molar-refractivity contribution in [2.75, 3.05) is 0 Å². The van der Waals surface area contributed by atoms with Crippen LogP contribution in [0.5, 0.6) is 0 Å². The smallest absolute Gasteiger partial charge is 0.164 e. The van der Waals surface area contributed by atoms with Gasteiger partial charge >= 0.3 is 0 Å². The summed E-state index contributed by atoms with van der Waals surface area (Å²) in [6.07, 6.45) is 0. The number of rotatable bonds is 4. The summed E-state index contributed by atoms with van der Waals surface area (Å²) in [6, 6.07) is 52.1. The zero-order valence-corrected chi connectivity index (χ0v) is 24.2. The van der Waals surface area contributed by atoms with Gasteiger partial charge in [-0.05, 0) is 51.4 Å². The van der Waals surface area contributed by atoms with Gasteiger partial charge in [0.25, 0.3) is 0 Å². The van der Waals surface area contributed by atoms with E-state index in [4.69, 9.17) is 19.4 Å². The van der Waals surface area contributed by atoms with Crippen molar-refractivity contribution in [3.8, 4) is 45.3 Å². The van der Waals surface area contributed by atoms with Crippen molar-refractivity contribution in [1.82, 2.24) is 15.0 Å². The van der Waals surface area contributed by atoms with Gasteiger partial charge in [-0.3, -0.25) is 0 Å². The van der Waals surface area contributed by atoms with Crippen molar-refractivity contribution in [2.45, 2.75) is 0 Å². The van der Waals surface area contributed by atoms with E-state index in [2.05, 4.69) is 97.1 Å². The second kappa shape index (κ2) is 10.2. The molecule has 0 unspecified atom stereocenters. The molecule has 0 aliphatic rings. The summed E-state index contributed by atoms with van der Waals surface area (Å²) < 4.78 is 6.56. The van der Waals surface area contributed by atoms with Crippen LogP contribution < -0.4 is 0 Å². The quantitative estimate of drug-likeness (QED) is 0.196. The Kier molecular flexibility index (Phi) is 5.78. The molecule has 9 aromatic rings. The van der Waals surface area contributed by atoms with Gasteiger partial charge in [0.2, 0.25) is 0 Å². The van der Waals surface area contributed by atoms with Gasteiger partial charge in [0, 0.05) is 33.0 Å². The first-order valence-corrected chi connectivity index (χ1v) is 15.0. The molecule has 0 aliphatic carbocycles. The fourth-order valence-corrected chi connectivity index (χ4v) is 6.43. The molecule has 2 heterocycles. The van der Waals surface area contributed by atoms with Gasteiger partial charge in [-0.2, -0.15) is 0 Å². The fourth-order valence-electron chi connectivity index (χ4n) is 6.43. The predicted molar refractivity (Wildman–Crippen MR) is 184 cm³/mol. The lowest BCUT2D eigenvalue weighted by Crippen LogP contribution is -2.01. The third-order valence-electron chi connectivity index (χ3n) is 8.53. The summed E-state index contributed by atoms with van der Waals surface area (Å²) >= 11 is 0. The largest absolute Gasteiger partial charge is 0.455 e. The predicted octanol–water partition coefficient (Wildman–Crippen LogP) is 10.7. The lowest BCUT2D eigenvalue weighted by atomic mass is 9.96. The molecule has 4 heteroatoms. The Hall–Kier alpha value is -6.13. The Morgan fingerprint density at radius 2 is 0.933 bits per heavy atom. The van der Waals surface area contributed by atoms with Crippen molar-refractivity contribution in [1.29, 1.82) is 0 Å². The summed E-state index contributed by atoms with van der Waals surface area (Å²) in [4.78, 5) is 15.5. The topological polar surface area (TPSA) is 51.8 Å². The van der Waals surface area contributed by atoms with Gasteiger partial charge in [-0.25, -0.2) is 15.0 Å². The van der Waals surface area contributed by atoms with Gasteiger partial charge in [-0.15, -0.1) is 0 Å². The van der Waals surface area contributed by atoms with Gasteiger partial charge in [0.05, 0.1) is 0 Å². The second-order valence-electron chi connectivity index (χ2n) is 11.2. The van der Waals surface area contributed by atoms with Crippen LogP contribution in [0.2, 0.25) is 0 Å². The number of aromatic nitrogens is 3. The van der Waals surface area contributed by atoms with Crippen molar-refractivity contribution < 1.29 is 4.42 Å². The molecule has 0 N–H and O–H groups in total. The van der Waals surface area contributed by atoms with E-state index in [1.807, 2.05) is 54.6 Å². The number of hydrogen-bond donors (Lipinski definition) is 0. The van der Waals surface area contributed by atoms with Crippen LogP contribution >= 0.6 is 0 Å². The molecule has 0 radical (unpaired) electrons. The third kappa shape index (κ3) is 4.19. The van der Waals surface area contributed by atoms with E-state index >= 15 is 0 Å². The highest BCUT2D eigenvalue weighted by Crippen LogP contribution is 2.42. The van der Waals surface area contributed by atoms with E-state index in [1.54, 1.807) is 0 Å². The van der Waals surface area contributed by atoms with E-state index in [9.17, 15) is 0 Å². The van der Waals surface area contributed by atoms with E-state index in [0.717, 1.165) is 60.5 Å². The summed E-state index contributed by atoms with van der Waals surface area (Å²) in [5, 5.41) is 6.64. The molecule has 210 valence electrons. The Balaban J connectivity index is 1.37. The summed E-state index contributed by atoms with van der Waals surface area (Å²) in [6.45, 7) is 0. The molecule has 0 saturated heterocycles. The highest BCUT2D eigenvalue weighted by Gasteiger charge is 2.21. The summed E-state index contributed by atoms with van der Waals surface area (Å²) in [5.74, 6) is 1.86. The van der Waals surface area contributed by atoms with E-state index in [1.165, 1.54) is 10.8 Å². The average Bonchev–Trinajstić information content (AvgIpc) is 3.51. The third-order valence-corrected chi connectivity index (χ3v) is 8.53. The van der Waals surface area contributed by atoms with Crippen LogP contribution in [0.4, 0.5) is 0 Å². The second-order valence-corrected chi connectivity index (χ2v) is 11.2. The lowest BCUT2D eigenvalue weighted by Gasteiger charge is -2.13. The van der Waals surface area contributed by atoms with Crippen molar-refractivity contribution >= 4 is 43.5 Å². The molecule has 0 spiro atoms. The minimum Gasteiger partial charge on any atom is -0.455 e. The van der Waals surface area contributed by atoms with Crippen LogP contribution in [0.3, 0.4) is 0 Å². The van der Waals surface area contributed by atoms with Gasteiger partial charge in [0.15, 0.2) is 17.5 Å². The number of fused-ring (bicyclic) bond motifs is 6. The maximum absolute atomic E-state index is 6.56. The Bertz CT molecular complexity index is 2540. The van der Waals surface area contributed by atoms with Gasteiger partial charge < -0.3 is 4.42 Å². The van der Waals surface area contributed by atoms with Crippen LogP contribution in [-0.4, -0.2) is 15.0 Å². The minimum atomic E-state index is 0.604. The van der Waals surface area contributed by atoms with E-state index in [0.29, 0.717) is 17.5 Å². The number of para-hydroxylation sites is 1. The maximum atomic E-state index is 6.56. The molecule has 2 aromatic heterocycles. The standard InChI is InChI=1S/C41H25N3O/c1-3-13-26(14-4-1)30-23-24-34(37-33-21-11-12-22-36(33)45-38(30)37)40-42-39(27-15-5-2-6-16-27)43-41(44-40)35-25-28-17-7-8-18-29(28)31-19-9-10-20-32(31)35/h1-25H. The van der Waals surface area contributed by atoms with Crippen molar-refractivity contribution in [3.05, 3.63) is 152 Å². The van der Waals surface area contributed by atoms with Crippen molar-refractivity contribution in [2.24, 2.45) is 0 Å². The zero-order chi connectivity index (χ0) is 29.7. The number of nitrogens with zero attached hydrogens (tertiary/aromatic N) is 3. The normalized spacial score (nSPS) is 11.6. The molecule has 9 rings (SSSR count). The number of benzene rings is 7. The zero-order valence-electron chi connectivity index (χ0n) is 24.2. The monoisotopic (exact) mass is 575 g/mol. The summed E-state index contributed by atoms with van der Waals surface area (Å²) in [5.41, 5.74) is 6.58. The van der Waals surface area contributed by atoms with Gasteiger partial charge in [0.1, 0.15) is 11.2 Å². The number of hydrogen-bond acceptors (Lipinski definition) is 4. The molecular weight excluding hydrogens is 550 g/mol. The van der Waals surface area contributed by atoms with Crippen LogP contribution in [-0.2, 0) is 0 Å². The highest BCUT2D eigenvalue weighted by atomic mass is 16.3. The fraction of sp³-hybridized carbons (Fsp3) is 0. The van der Waals surface area contributed by atoms with E-state index in [-0.39, 0.29) is 0 Å². The lowest BCUT2D eigenvalue weighted by molar-refractivity contribution is 0.670. The molecule has 0 bridgehead atoms. The first-order valence-electron chi connectivity index (χ1n) is 15.0. The highest BCUT2D eigenvalue weighted by molar-refractivity contribution is 6.16. The van der Waals surface area contributed by atoms with E-state index < -0.39 is 0 Å².